The minimum atomic E-state index is -2.66. The van der Waals surface area contributed by atoms with Crippen LogP contribution in [-0.4, -0.2) is 93.5 Å². The number of aromatic nitrogens is 3. The molecule has 5 aliphatic rings. The van der Waals surface area contributed by atoms with Crippen molar-refractivity contribution in [3.05, 3.63) is 70.4 Å². The number of alkyl halides is 2. The molecule has 14 heteroatoms. The molecular formula is C40H41F2N7O5. The second-order valence-electron chi connectivity index (χ2n) is 16.1. The molecule has 0 bridgehead atoms. The minimum absolute atomic E-state index is 0.114. The van der Waals surface area contributed by atoms with Gasteiger partial charge in [-0.3, -0.25) is 39.3 Å². The van der Waals surface area contributed by atoms with Crippen molar-refractivity contribution in [2.75, 3.05) is 31.6 Å². The number of carbonyl (C=O) groups is 5. The van der Waals surface area contributed by atoms with Crippen LogP contribution in [0.1, 0.15) is 76.6 Å². The fourth-order valence-corrected chi connectivity index (χ4v) is 9.54. The number of benzene rings is 2. The van der Waals surface area contributed by atoms with Crippen LogP contribution in [0.2, 0.25) is 0 Å². The molecule has 4 aromatic rings. The molecule has 9 rings (SSSR count). The van der Waals surface area contributed by atoms with E-state index in [0.717, 1.165) is 45.5 Å². The summed E-state index contributed by atoms with van der Waals surface area (Å²) in [5.41, 5.74) is 4.55. The zero-order valence-corrected chi connectivity index (χ0v) is 30.1. The Kier molecular flexibility index (Phi) is 7.76. The van der Waals surface area contributed by atoms with Crippen molar-refractivity contribution in [1.82, 2.24) is 30.3 Å². The van der Waals surface area contributed by atoms with Crippen LogP contribution in [0.5, 0.6) is 0 Å². The first kappa shape index (κ1) is 34.5. The van der Waals surface area contributed by atoms with E-state index in [0.29, 0.717) is 57.4 Å². The monoisotopic (exact) mass is 737 g/mol. The lowest BCUT2D eigenvalue weighted by Crippen LogP contribution is -2.53. The number of carbonyl (C=O) groups excluding carboxylic acids is 5. The highest BCUT2D eigenvalue weighted by Crippen LogP contribution is 2.70. The minimum Gasteiger partial charge on any atom is -0.353 e. The molecule has 3 saturated heterocycles. The highest BCUT2D eigenvalue weighted by molar-refractivity contribution is 6.06. The third-order valence-electron chi connectivity index (χ3n) is 13.2. The number of H-pyrrole nitrogens is 2. The van der Waals surface area contributed by atoms with Gasteiger partial charge >= 0.3 is 0 Å². The van der Waals surface area contributed by atoms with Crippen molar-refractivity contribution >= 4 is 46.5 Å². The standard InChI is InChI=1S/C40H41F2N7O5/c1-38-19-30-27(18-32(38)40(38,41)42)34(46-45-30)29-16-23-5-6-25(17-28(23)43-29)49-14-11-39(37(49)54)9-12-48(13-10-39)20-22-3-4-24(21-50)26(15-22)36(53)47(2)31-7-8-33(51)44-35(31)52/h3-6,15-17,21,31-32,43H,7-14,18-20H2,1-2H3,(H,45,46)(H,44,51,52). The summed E-state index contributed by atoms with van der Waals surface area (Å²) in [5, 5.41) is 10.8. The maximum absolute atomic E-state index is 14.5. The molecule has 280 valence electrons. The van der Waals surface area contributed by atoms with Crippen molar-refractivity contribution in [2.24, 2.45) is 16.7 Å². The van der Waals surface area contributed by atoms with Crippen molar-refractivity contribution in [3.63, 3.8) is 0 Å². The number of aromatic amines is 2. The summed E-state index contributed by atoms with van der Waals surface area (Å²) in [5.74, 6) is -4.57. The highest BCUT2D eigenvalue weighted by Gasteiger charge is 2.78. The van der Waals surface area contributed by atoms with Gasteiger partial charge in [0.05, 0.1) is 16.7 Å². The number of likely N-dealkylation sites (tertiary alicyclic amines) is 1. The van der Waals surface area contributed by atoms with Crippen LogP contribution in [0, 0.1) is 16.7 Å². The Morgan fingerprint density at radius 1 is 1.06 bits per heavy atom. The number of halogens is 2. The number of aldehydes is 1. The fourth-order valence-electron chi connectivity index (χ4n) is 9.54. The fraction of sp³-hybridized carbons (Fsp3) is 0.450. The predicted molar refractivity (Wildman–Crippen MR) is 194 cm³/mol. The van der Waals surface area contributed by atoms with Crippen molar-refractivity contribution < 1.29 is 32.8 Å². The predicted octanol–water partition coefficient (Wildman–Crippen LogP) is 4.64. The zero-order valence-electron chi connectivity index (χ0n) is 30.1. The van der Waals surface area contributed by atoms with Crippen LogP contribution < -0.4 is 10.2 Å². The number of hydrogen-bond acceptors (Lipinski definition) is 7. The highest BCUT2D eigenvalue weighted by atomic mass is 19.3. The maximum atomic E-state index is 14.5. The largest absolute Gasteiger partial charge is 0.353 e. The van der Waals surface area contributed by atoms with Gasteiger partial charge in [-0.05, 0) is 75.0 Å². The van der Waals surface area contributed by atoms with E-state index in [4.69, 9.17) is 0 Å². The van der Waals surface area contributed by atoms with Gasteiger partial charge in [0.2, 0.25) is 17.7 Å². The van der Waals surface area contributed by atoms with E-state index < -0.39 is 40.5 Å². The van der Waals surface area contributed by atoms with E-state index in [1.165, 1.54) is 11.9 Å². The summed E-state index contributed by atoms with van der Waals surface area (Å²) < 4.78 is 29.1. The van der Waals surface area contributed by atoms with Crippen LogP contribution in [0.3, 0.4) is 0 Å². The summed E-state index contributed by atoms with van der Waals surface area (Å²) in [6, 6.07) is 12.2. The summed E-state index contributed by atoms with van der Waals surface area (Å²) in [6.45, 7) is 4.17. The number of piperidine rings is 2. The molecule has 4 fully saturated rings. The summed E-state index contributed by atoms with van der Waals surface area (Å²) in [7, 11) is 1.51. The van der Waals surface area contributed by atoms with Crippen LogP contribution in [0.4, 0.5) is 14.5 Å². The van der Waals surface area contributed by atoms with E-state index in [9.17, 15) is 32.8 Å². The van der Waals surface area contributed by atoms with Gasteiger partial charge in [-0.1, -0.05) is 25.1 Å². The lowest BCUT2D eigenvalue weighted by Gasteiger charge is -2.38. The Morgan fingerprint density at radius 2 is 1.83 bits per heavy atom. The number of rotatable bonds is 7. The molecule has 3 aliphatic heterocycles. The molecule has 4 amide bonds. The Morgan fingerprint density at radius 3 is 2.59 bits per heavy atom. The molecule has 3 N–H and O–H groups in total. The number of hydrogen-bond donors (Lipinski definition) is 3. The normalized spacial score (nSPS) is 25.8. The first-order valence-corrected chi connectivity index (χ1v) is 18.6. The number of nitrogens with one attached hydrogen (secondary N) is 3. The van der Waals surface area contributed by atoms with Gasteiger partial charge in [0.1, 0.15) is 11.7 Å². The molecule has 12 nitrogen and oxygen atoms in total. The SMILES string of the molecule is CN(C(=O)c1cc(CN2CCC3(CC2)CCN(c2ccc4cc(-c5n[nH]c6c5CC5C(F)(F)C5(C)C6)[nH]c4c2)C3=O)ccc1C=O)C1CCC(=O)NC1=O. The Labute approximate surface area is 309 Å². The molecule has 1 saturated carbocycles. The molecule has 0 radical (unpaired) electrons. The van der Waals surface area contributed by atoms with Gasteiger partial charge in [0.25, 0.3) is 11.8 Å². The van der Waals surface area contributed by atoms with Gasteiger partial charge in [-0.15, -0.1) is 0 Å². The third-order valence-corrected chi connectivity index (χ3v) is 13.2. The molecule has 3 unspecified atom stereocenters. The van der Waals surface area contributed by atoms with E-state index >= 15 is 0 Å². The van der Waals surface area contributed by atoms with Gasteiger partial charge in [-0.2, -0.15) is 5.10 Å². The lowest BCUT2D eigenvalue weighted by molar-refractivity contribution is -0.136. The van der Waals surface area contributed by atoms with Crippen LogP contribution in [0.25, 0.3) is 22.3 Å². The van der Waals surface area contributed by atoms with E-state index in [2.05, 4.69) is 25.4 Å². The average molecular weight is 738 g/mol. The number of amides is 4. The van der Waals surface area contributed by atoms with Gasteiger partial charge in [0, 0.05) is 77.7 Å². The van der Waals surface area contributed by atoms with Crippen molar-refractivity contribution in [1.29, 1.82) is 0 Å². The smallest absolute Gasteiger partial charge is 0.258 e. The average Bonchev–Trinajstić information content (AvgIpc) is 3.67. The third kappa shape index (κ3) is 5.24. The van der Waals surface area contributed by atoms with Gasteiger partial charge in [-0.25, -0.2) is 8.78 Å². The Balaban J connectivity index is 0.858. The molecule has 54 heavy (non-hydrogen) atoms. The second kappa shape index (κ2) is 12.1. The molecule has 3 atom stereocenters. The zero-order chi connectivity index (χ0) is 37.7. The Hall–Kier alpha value is -5.24. The number of fused-ring (bicyclic) bond motifs is 3. The van der Waals surface area contributed by atoms with E-state index in [1.807, 2.05) is 35.2 Å². The van der Waals surface area contributed by atoms with Crippen molar-refractivity contribution in [2.45, 2.75) is 70.4 Å². The maximum Gasteiger partial charge on any atom is 0.258 e. The number of likely N-dealkylation sites (N-methyl/N-ethyl adjacent to an activating group) is 1. The number of nitrogens with zero attached hydrogens (tertiary/aromatic N) is 4. The lowest BCUT2D eigenvalue weighted by atomic mass is 9.77. The molecule has 2 aromatic carbocycles. The molecule has 1 spiro atoms. The van der Waals surface area contributed by atoms with Gasteiger partial charge in [0.15, 0.2) is 6.29 Å². The first-order chi connectivity index (χ1) is 25.8. The van der Waals surface area contributed by atoms with Crippen LogP contribution in [0.15, 0.2) is 42.5 Å². The topological polar surface area (TPSA) is 152 Å². The Bertz CT molecular complexity index is 2270. The molecular weight excluding hydrogens is 696 g/mol. The number of anilines is 1. The van der Waals surface area contributed by atoms with Gasteiger partial charge < -0.3 is 14.8 Å². The van der Waals surface area contributed by atoms with Crippen LogP contribution in [-0.2, 0) is 33.8 Å². The second-order valence-corrected chi connectivity index (χ2v) is 16.1. The first-order valence-electron chi connectivity index (χ1n) is 18.6. The molecule has 2 aromatic heterocycles. The van der Waals surface area contributed by atoms with Crippen molar-refractivity contribution in [3.8, 4) is 11.4 Å². The summed E-state index contributed by atoms with van der Waals surface area (Å²) >= 11 is 0. The summed E-state index contributed by atoms with van der Waals surface area (Å²) in [6.07, 6.45) is 3.70. The van der Waals surface area contributed by atoms with E-state index in [-0.39, 0.29) is 42.2 Å². The molecule has 2 aliphatic carbocycles. The number of imide groups is 1. The quantitative estimate of drug-likeness (QED) is 0.185. The van der Waals surface area contributed by atoms with E-state index in [1.54, 1.807) is 19.1 Å². The molecule has 5 heterocycles. The van der Waals surface area contributed by atoms with Crippen LogP contribution >= 0.6 is 0 Å². The summed E-state index contributed by atoms with van der Waals surface area (Å²) in [4.78, 5) is 72.3.